The van der Waals surface area contributed by atoms with Gasteiger partial charge in [-0.05, 0) is 60.2 Å². The zero-order valence-electron chi connectivity index (χ0n) is 17.5. The molecule has 2 N–H and O–H groups in total. The minimum Gasteiger partial charge on any atom is -0.352 e. The summed E-state index contributed by atoms with van der Waals surface area (Å²) < 4.78 is 65.7. The van der Waals surface area contributed by atoms with E-state index in [-0.39, 0.29) is 24.0 Å². The lowest BCUT2D eigenvalue weighted by Crippen LogP contribution is -2.47. The number of carbonyl (C=O) groups excluding carboxylic acids is 1. The lowest BCUT2D eigenvalue weighted by atomic mass is 9.74. The number of nitrogens with zero attached hydrogens (tertiary/aromatic N) is 1. The molecule has 0 radical (unpaired) electrons. The molecule has 2 aromatic carbocycles. The number of fused-ring (bicyclic) bond motifs is 1. The highest BCUT2D eigenvalue weighted by atomic mass is 32.2. The van der Waals surface area contributed by atoms with Crippen LogP contribution < -0.4 is 5.32 Å². The van der Waals surface area contributed by atoms with Gasteiger partial charge < -0.3 is 10.3 Å². The van der Waals surface area contributed by atoms with E-state index in [2.05, 4.69) is 10.3 Å². The minimum atomic E-state index is -3.47. The maximum Gasteiger partial charge on any atom is 0.235 e. The quantitative estimate of drug-likeness (QED) is 0.585. The number of H-pyrrole nitrogens is 1. The number of aromatic amines is 1. The molecular formula is C22H22F3N3O3S. The molecule has 0 unspecified atom stereocenters. The van der Waals surface area contributed by atoms with Crippen molar-refractivity contribution in [3.8, 4) is 11.3 Å². The first kappa shape index (κ1) is 22.3. The monoisotopic (exact) mass is 465 g/mol. The van der Waals surface area contributed by atoms with Gasteiger partial charge in [0, 0.05) is 24.5 Å². The molecule has 0 saturated heterocycles. The molecule has 0 spiro atoms. The smallest absolute Gasteiger partial charge is 0.235 e. The van der Waals surface area contributed by atoms with Crippen molar-refractivity contribution in [3.63, 3.8) is 0 Å². The van der Waals surface area contributed by atoms with Gasteiger partial charge in [-0.25, -0.2) is 21.6 Å². The van der Waals surface area contributed by atoms with Gasteiger partial charge >= 0.3 is 0 Å². The molecule has 0 atom stereocenters. The maximum absolute atomic E-state index is 14.4. The standard InChI is InChI=1S/C22H22F3N3O3S/c1-28(32(2,30)31)11-19(29)26-16-7-13(8-16)20-17-9-15(24)10-18(25)22(17)27-21(20)12-3-5-14(23)6-4-12/h3-6,9-10,13,16,27H,7-8,11H2,1-2H3,(H,26,29)/t13-,16+. The SMILES string of the molecule is CN(CC(=O)N[C@H]1C[C@@H](c2c(-c3ccc(F)cc3)[nH]c3c(F)cc(F)cc32)C1)S(C)(=O)=O. The molecule has 1 aliphatic rings. The van der Waals surface area contributed by atoms with Crippen LogP contribution >= 0.6 is 0 Å². The van der Waals surface area contributed by atoms with Crippen molar-refractivity contribution in [1.82, 2.24) is 14.6 Å². The molecule has 1 heterocycles. The third-order valence-electron chi connectivity index (χ3n) is 5.84. The number of likely N-dealkylation sites (N-methyl/N-ethyl adjacent to an activating group) is 1. The topological polar surface area (TPSA) is 82.3 Å². The van der Waals surface area contributed by atoms with Gasteiger partial charge in [0.05, 0.1) is 24.0 Å². The molecule has 6 nitrogen and oxygen atoms in total. The van der Waals surface area contributed by atoms with Crippen LogP contribution in [0.5, 0.6) is 0 Å². The predicted octanol–water partition coefficient (Wildman–Crippen LogP) is 3.51. The fourth-order valence-electron chi connectivity index (χ4n) is 4.07. The summed E-state index contributed by atoms with van der Waals surface area (Å²) in [6.07, 6.45) is 2.06. The number of nitrogens with one attached hydrogen (secondary N) is 2. The first-order valence-electron chi connectivity index (χ1n) is 10.00. The highest BCUT2D eigenvalue weighted by Gasteiger charge is 2.35. The van der Waals surface area contributed by atoms with Crippen LogP contribution in [0.3, 0.4) is 0 Å². The van der Waals surface area contributed by atoms with Crippen LogP contribution in [0.15, 0.2) is 36.4 Å². The van der Waals surface area contributed by atoms with Gasteiger partial charge in [-0.15, -0.1) is 0 Å². The summed E-state index contributed by atoms with van der Waals surface area (Å²) in [6.45, 7) is -0.287. The number of aromatic nitrogens is 1. The normalized spacial score (nSPS) is 18.7. The first-order chi connectivity index (χ1) is 15.0. The zero-order valence-corrected chi connectivity index (χ0v) is 18.3. The van der Waals surface area contributed by atoms with E-state index in [1.54, 1.807) is 12.1 Å². The summed E-state index contributed by atoms with van der Waals surface area (Å²) in [6, 6.07) is 7.61. The van der Waals surface area contributed by atoms with E-state index in [0.717, 1.165) is 16.6 Å². The van der Waals surface area contributed by atoms with E-state index in [9.17, 15) is 26.4 Å². The van der Waals surface area contributed by atoms with E-state index >= 15 is 0 Å². The first-order valence-corrected chi connectivity index (χ1v) is 11.8. The Labute approximate surface area is 183 Å². The third kappa shape index (κ3) is 4.37. The van der Waals surface area contributed by atoms with Crippen molar-refractivity contribution in [1.29, 1.82) is 0 Å². The molecule has 10 heteroatoms. The molecule has 170 valence electrons. The van der Waals surface area contributed by atoms with Crippen LogP contribution in [-0.4, -0.2) is 49.5 Å². The van der Waals surface area contributed by atoms with Gasteiger partial charge in [-0.2, -0.15) is 4.31 Å². The van der Waals surface area contributed by atoms with Gasteiger partial charge in [0.1, 0.15) is 17.5 Å². The summed E-state index contributed by atoms with van der Waals surface area (Å²) in [7, 11) is -2.15. The molecule has 0 bridgehead atoms. The van der Waals surface area contributed by atoms with Gasteiger partial charge in [-0.1, -0.05) is 0 Å². The molecule has 4 rings (SSSR count). The van der Waals surface area contributed by atoms with Crippen molar-refractivity contribution in [2.75, 3.05) is 19.8 Å². The number of rotatable bonds is 6. The summed E-state index contributed by atoms with van der Waals surface area (Å²) in [5, 5.41) is 3.21. The van der Waals surface area contributed by atoms with Crippen LogP contribution in [0.2, 0.25) is 0 Å². The van der Waals surface area contributed by atoms with Crippen LogP contribution in [0.25, 0.3) is 22.2 Å². The second kappa shape index (κ2) is 8.25. The second-order valence-electron chi connectivity index (χ2n) is 8.18. The molecule has 32 heavy (non-hydrogen) atoms. The Morgan fingerprint density at radius 1 is 1.12 bits per heavy atom. The van der Waals surface area contributed by atoms with E-state index in [1.165, 1.54) is 25.2 Å². The Morgan fingerprint density at radius 2 is 1.78 bits per heavy atom. The molecule has 1 aromatic heterocycles. The number of halogens is 3. The van der Waals surface area contributed by atoms with Crippen LogP contribution in [0.4, 0.5) is 13.2 Å². The number of hydrogen-bond acceptors (Lipinski definition) is 3. The van der Waals surface area contributed by atoms with Crippen LogP contribution in [0, 0.1) is 17.5 Å². The predicted molar refractivity (Wildman–Crippen MR) is 115 cm³/mol. The summed E-state index contributed by atoms with van der Waals surface area (Å²) in [5.41, 5.74) is 2.10. The third-order valence-corrected chi connectivity index (χ3v) is 7.10. The van der Waals surface area contributed by atoms with Crippen molar-refractivity contribution < 1.29 is 26.4 Å². The van der Waals surface area contributed by atoms with E-state index < -0.39 is 33.4 Å². The lowest BCUT2D eigenvalue weighted by Gasteiger charge is -2.37. The average molecular weight is 465 g/mol. The Bertz CT molecular complexity index is 1280. The Morgan fingerprint density at radius 3 is 2.41 bits per heavy atom. The van der Waals surface area contributed by atoms with Gasteiger partial charge in [0.25, 0.3) is 0 Å². The van der Waals surface area contributed by atoms with Crippen molar-refractivity contribution in [2.24, 2.45) is 0 Å². The molecule has 1 amide bonds. The molecular weight excluding hydrogens is 443 g/mol. The molecule has 3 aromatic rings. The number of benzene rings is 2. The van der Waals surface area contributed by atoms with Crippen LogP contribution in [0.1, 0.15) is 24.3 Å². The van der Waals surface area contributed by atoms with Gasteiger partial charge in [0.15, 0.2) is 0 Å². The largest absolute Gasteiger partial charge is 0.352 e. The molecule has 1 fully saturated rings. The number of hydrogen-bond donors (Lipinski definition) is 2. The highest BCUT2D eigenvalue weighted by Crippen LogP contribution is 2.45. The Balaban J connectivity index is 1.59. The number of sulfonamides is 1. The number of amides is 1. The molecule has 0 aliphatic heterocycles. The van der Waals surface area contributed by atoms with Gasteiger partial charge in [-0.3, -0.25) is 4.79 Å². The zero-order chi connectivity index (χ0) is 23.2. The minimum absolute atomic E-state index is 0.0945. The lowest BCUT2D eigenvalue weighted by molar-refractivity contribution is -0.122. The second-order valence-corrected chi connectivity index (χ2v) is 10.3. The van der Waals surface area contributed by atoms with Crippen LogP contribution in [-0.2, 0) is 14.8 Å². The van der Waals surface area contributed by atoms with E-state index in [4.69, 9.17) is 0 Å². The molecule has 1 saturated carbocycles. The fraction of sp³-hybridized carbons (Fsp3) is 0.318. The van der Waals surface area contributed by atoms with Crippen molar-refractivity contribution in [3.05, 3.63) is 59.4 Å². The Hall–Kier alpha value is -2.85. The maximum atomic E-state index is 14.4. The summed E-state index contributed by atoms with van der Waals surface area (Å²) >= 11 is 0. The number of carbonyl (C=O) groups is 1. The Kier molecular flexibility index (Phi) is 5.76. The summed E-state index contributed by atoms with van der Waals surface area (Å²) in [4.78, 5) is 15.2. The summed E-state index contributed by atoms with van der Waals surface area (Å²) in [5.74, 6) is -2.34. The fourth-order valence-corrected chi connectivity index (χ4v) is 4.42. The average Bonchev–Trinajstić information content (AvgIpc) is 3.03. The van der Waals surface area contributed by atoms with E-state index in [0.29, 0.717) is 35.0 Å². The molecule has 1 aliphatic carbocycles. The van der Waals surface area contributed by atoms with Crippen molar-refractivity contribution in [2.45, 2.75) is 24.8 Å². The van der Waals surface area contributed by atoms with Crippen molar-refractivity contribution >= 4 is 26.8 Å². The van der Waals surface area contributed by atoms with Gasteiger partial charge in [0.2, 0.25) is 15.9 Å². The highest BCUT2D eigenvalue weighted by molar-refractivity contribution is 7.88. The van der Waals surface area contributed by atoms with E-state index in [1.807, 2.05) is 0 Å².